The molecular formula is C12H19N3O3. The van der Waals surface area contributed by atoms with Gasteiger partial charge in [0.1, 0.15) is 6.04 Å². The van der Waals surface area contributed by atoms with E-state index in [4.69, 9.17) is 0 Å². The first-order valence-corrected chi connectivity index (χ1v) is 6.38. The smallest absolute Gasteiger partial charge is 0.251 e. The highest BCUT2D eigenvalue weighted by molar-refractivity contribution is 6.01. The maximum atomic E-state index is 11.7. The summed E-state index contributed by atoms with van der Waals surface area (Å²) in [6.07, 6.45) is 3.18. The van der Waals surface area contributed by atoms with E-state index in [1.54, 1.807) is 0 Å². The van der Waals surface area contributed by atoms with Crippen LogP contribution in [0.1, 0.15) is 25.7 Å². The first-order chi connectivity index (χ1) is 8.58. The predicted molar refractivity (Wildman–Crippen MR) is 64.5 cm³/mol. The minimum Gasteiger partial charge on any atom is -0.343 e. The van der Waals surface area contributed by atoms with Gasteiger partial charge in [-0.3, -0.25) is 19.3 Å². The fourth-order valence-corrected chi connectivity index (χ4v) is 2.01. The van der Waals surface area contributed by atoms with Crippen LogP contribution >= 0.6 is 0 Å². The molecule has 100 valence electrons. The van der Waals surface area contributed by atoms with Gasteiger partial charge in [-0.1, -0.05) is 0 Å². The molecule has 0 radical (unpaired) electrons. The van der Waals surface area contributed by atoms with Crippen LogP contribution in [0.4, 0.5) is 0 Å². The van der Waals surface area contributed by atoms with Crippen LogP contribution in [0.2, 0.25) is 0 Å². The van der Waals surface area contributed by atoms with Gasteiger partial charge in [-0.2, -0.15) is 0 Å². The van der Waals surface area contributed by atoms with Gasteiger partial charge in [0.2, 0.25) is 11.8 Å². The third kappa shape index (κ3) is 3.29. The van der Waals surface area contributed by atoms with Crippen molar-refractivity contribution in [1.82, 2.24) is 15.5 Å². The highest BCUT2D eigenvalue weighted by Crippen LogP contribution is 2.27. The standard InChI is InChI=1S/C12H19N3O3/c1-15-11(17)5-4-9(12(15)18)14-10(16)7-13-6-8-2-3-8/h8-9,13H,2-7H2,1H3,(H,14,16). The van der Waals surface area contributed by atoms with Crippen molar-refractivity contribution in [2.45, 2.75) is 31.7 Å². The Morgan fingerprint density at radius 2 is 2.06 bits per heavy atom. The van der Waals surface area contributed by atoms with Crippen molar-refractivity contribution in [2.24, 2.45) is 5.92 Å². The zero-order valence-electron chi connectivity index (χ0n) is 10.6. The molecule has 1 aliphatic heterocycles. The number of likely N-dealkylation sites (tertiary alicyclic amines) is 1. The van der Waals surface area contributed by atoms with Gasteiger partial charge in [0.05, 0.1) is 6.54 Å². The van der Waals surface area contributed by atoms with Crippen molar-refractivity contribution >= 4 is 17.7 Å². The van der Waals surface area contributed by atoms with Crippen molar-refractivity contribution in [3.63, 3.8) is 0 Å². The number of carbonyl (C=O) groups is 3. The maximum Gasteiger partial charge on any atom is 0.251 e. The largest absolute Gasteiger partial charge is 0.343 e. The lowest BCUT2D eigenvalue weighted by Gasteiger charge is -2.28. The number of rotatable bonds is 5. The monoisotopic (exact) mass is 253 g/mol. The third-order valence-corrected chi connectivity index (χ3v) is 3.40. The molecule has 0 aromatic heterocycles. The van der Waals surface area contributed by atoms with E-state index in [-0.39, 0.29) is 24.3 Å². The molecule has 0 aromatic rings. The topological polar surface area (TPSA) is 78.5 Å². The lowest BCUT2D eigenvalue weighted by atomic mass is 10.0. The molecule has 0 spiro atoms. The maximum absolute atomic E-state index is 11.7. The SMILES string of the molecule is CN1C(=O)CCC(NC(=O)CNCC2CC2)C1=O. The van der Waals surface area contributed by atoms with E-state index < -0.39 is 6.04 Å². The summed E-state index contributed by atoms with van der Waals surface area (Å²) in [5.74, 6) is 0.0359. The second kappa shape index (κ2) is 5.48. The van der Waals surface area contributed by atoms with Crippen molar-refractivity contribution in [3.05, 3.63) is 0 Å². The molecule has 1 atom stereocenters. The van der Waals surface area contributed by atoms with Gasteiger partial charge < -0.3 is 10.6 Å². The zero-order chi connectivity index (χ0) is 13.1. The molecule has 2 N–H and O–H groups in total. The highest BCUT2D eigenvalue weighted by Gasteiger charge is 2.32. The number of hydrogen-bond donors (Lipinski definition) is 2. The second-order valence-corrected chi connectivity index (χ2v) is 5.02. The molecule has 6 heteroatoms. The minimum absolute atomic E-state index is 0.183. The number of hydrogen-bond acceptors (Lipinski definition) is 4. The predicted octanol–water partition coefficient (Wildman–Crippen LogP) is -0.750. The minimum atomic E-state index is -0.553. The van der Waals surface area contributed by atoms with Crippen LogP contribution in [-0.2, 0) is 14.4 Å². The number of piperidine rings is 1. The summed E-state index contributed by atoms with van der Waals surface area (Å²) in [5.41, 5.74) is 0. The van der Waals surface area contributed by atoms with E-state index in [9.17, 15) is 14.4 Å². The normalized spacial score (nSPS) is 24.3. The molecule has 1 unspecified atom stereocenters. The molecular weight excluding hydrogens is 234 g/mol. The zero-order valence-corrected chi connectivity index (χ0v) is 10.6. The summed E-state index contributed by atoms with van der Waals surface area (Å²) in [6, 6.07) is -0.553. The van der Waals surface area contributed by atoms with E-state index >= 15 is 0 Å². The van der Waals surface area contributed by atoms with Crippen LogP contribution in [-0.4, -0.2) is 48.8 Å². The molecule has 0 bridgehead atoms. The van der Waals surface area contributed by atoms with Crippen LogP contribution in [0.5, 0.6) is 0 Å². The molecule has 18 heavy (non-hydrogen) atoms. The van der Waals surface area contributed by atoms with Crippen LogP contribution in [0.15, 0.2) is 0 Å². The van der Waals surface area contributed by atoms with Crippen molar-refractivity contribution < 1.29 is 14.4 Å². The Labute approximate surface area is 106 Å². The van der Waals surface area contributed by atoms with Gasteiger partial charge in [0.15, 0.2) is 0 Å². The van der Waals surface area contributed by atoms with E-state index in [1.807, 2.05) is 0 Å². The number of imide groups is 1. The van der Waals surface area contributed by atoms with Gasteiger partial charge in [-0.25, -0.2) is 0 Å². The number of likely N-dealkylation sites (N-methyl/N-ethyl adjacent to an activating group) is 1. The molecule has 3 amide bonds. The van der Waals surface area contributed by atoms with E-state index in [2.05, 4.69) is 10.6 Å². The molecule has 1 saturated carbocycles. The number of amides is 3. The average Bonchev–Trinajstić information content (AvgIpc) is 3.14. The van der Waals surface area contributed by atoms with Crippen LogP contribution in [0, 0.1) is 5.92 Å². The summed E-state index contributed by atoms with van der Waals surface area (Å²) in [5, 5.41) is 5.74. The average molecular weight is 253 g/mol. The molecule has 1 aliphatic carbocycles. The molecule has 2 fully saturated rings. The molecule has 1 heterocycles. The Bertz CT molecular complexity index is 366. The first kappa shape index (κ1) is 13.0. The highest BCUT2D eigenvalue weighted by atomic mass is 16.2. The van der Waals surface area contributed by atoms with Gasteiger partial charge in [0, 0.05) is 13.5 Å². The molecule has 1 saturated heterocycles. The first-order valence-electron chi connectivity index (χ1n) is 6.38. The molecule has 0 aromatic carbocycles. The number of nitrogens with one attached hydrogen (secondary N) is 2. The quantitative estimate of drug-likeness (QED) is 0.632. The van der Waals surface area contributed by atoms with Crippen LogP contribution < -0.4 is 10.6 Å². The van der Waals surface area contributed by atoms with Gasteiger partial charge >= 0.3 is 0 Å². The van der Waals surface area contributed by atoms with Crippen LogP contribution in [0.3, 0.4) is 0 Å². The Kier molecular flexibility index (Phi) is 3.96. The van der Waals surface area contributed by atoms with Crippen LogP contribution in [0.25, 0.3) is 0 Å². The Morgan fingerprint density at radius 1 is 1.33 bits per heavy atom. The van der Waals surface area contributed by atoms with Gasteiger partial charge in [-0.05, 0) is 31.7 Å². The summed E-state index contributed by atoms with van der Waals surface area (Å²) < 4.78 is 0. The number of nitrogens with zero attached hydrogens (tertiary/aromatic N) is 1. The summed E-state index contributed by atoms with van der Waals surface area (Å²) in [7, 11) is 1.45. The lowest BCUT2D eigenvalue weighted by Crippen LogP contribution is -2.54. The Balaban J connectivity index is 1.72. The fourth-order valence-electron chi connectivity index (χ4n) is 2.01. The molecule has 2 aliphatic rings. The van der Waals surface area contributed by atoms with E-state index in [0.717, 1.165) is 17.4 Å². The van der Waals surface area contributed by atoms with Crippen molar-refractivity contribution in [1.29, 1.82) is 0 Å². The van der Waals surface area contributed by atoms with Crippen molar-refractivity contribution in [3.8, 4) is 0 Å². The van der Waals surface area contributed by atoms with E-state index in [1.165, 1.54) is 19.9 Å². The fraction of sp³-hybridized carbons (Fsp3) is 0.750. The molecule has 6 nitrogen and oxygen atoms in total. The Morgan fingerprint density at radius 3 is 2.72 bits per heavy atom. The number of carbonyl (C=O) groups excluding carboxylic acids is 3. The van der Waals surface area contributed by atoms with E-state index in [0.29, 0.717) is 12.8 Å². The summed E-state index contributed by atoms with van der Waals surface area (Å²) in [4.78, 5) is 35.7. The summed E-state index contributed by atoms with van der Waals surface area (Å²) >= 11 is 0. The van der Waals surface area contributed by atoms with Crippen molar-refractivity contribution in [2.75, 3.05) is 20.1 Å². The van der Waals surface area contributed by atoms with Gasteiger partial charge in [0.25, 0.3) is 5.91 Å². The van der Waals surface area contributed by atoms with Gasteiger partial charge in [-0.15, -0.1) is 0 Å². The third-order valence-electron chi connectivity index (χ3n) is 3.40. The lowest BCUT2D eigenvalue weighted by molar-refractivity contribution is -0.149. The summed E-state index contributed by atoms with van der Waals surface area (Å²) in [6.45, 7) is 1.10. The second-order valence-electron chi connectivity index (χ2n) is 5.02. The molecule has 2 rings (SSSR count). The Hall–Kier alpha value is -1.43.